The van der Waals surface area contributed by atoms with Gasteiger partial charge in [-0.15, -0.1) is 0 Å². The number of carbonyl (C=O) groups is 1. The summed E-state index contributed by atoms with van der Waals surface area (Å²) in [7, 11) is 0. The van der Waals surface area contributed by atoms with E-state index in [1.165, 1.54) is 12.1 Å². The van der Waals surface area contributed by atoms with Crippen molar-refractivity contribution >= 4 is 11.6 Å². The third kappa shape index (κ3) is 5.87. The summed E-state index contributed by atoms with van der Waals surface area (Å²) in [6, 6.07) is 6.22. The fraction of sp³-hybridized carbons (Fsp3) is 0.550. The number of amides is 1. The first-order chi connectivity index (χ1) is 13.1. The molecular weight excluding hydrogens is 360 g/mol. The Labute approximate surface area is 165 Å². The number of rotatable bonds is 8. The average molecular weight is 388 g/mol. The molecule has 28 heavy (non-hydrogen) atoms. The van der Waals surface area contributed by atoms with Crippen LogP contribution in [0.2, 0.25) is 0 Å². The molecule has 0 spiro atoms. The van der Waals surface area contributed by atoms with E-state index < -0.39 is 4.92 Å². The van der Waals surface area contributed by atoms with Crippen LogP contribution >= 0.6 is 0 Å². The van der Waals surface area contributed by atoms with Crippen molar-refractivity contribution < 1.29 is 14.2 Å². The number of aromatic nitrogens is 2. The highest BCUT2D eigenvalue weighted by Crippen LogP contribution is 2.23. The summed E-state index contributed by atoms with van der Waals surface area (Å²) in [5.41, 5.74) is 0.411. The molecule has 8 nitrogen and oxygen atoms in total. The van der Waals surface area contributed by atoms with Crippen LogP contribution in [0.5, 0.6) is 0 Å². The molecule has 2 aromatic rings. The highest BCUT2D eigenvalue weighted by molar-refractivity contribution is 5.77. The second kappa shape index (κ2) is 8.95. The number of hydrogen-bond acceptors (Lipinski definition) is 6. The summed E-state index contributed by atoms with van der Waals surface area (Å²) in [6.07, 6.45) is 1.76. The zero-order valence-electron chi connectivity index (χ0n) is 17.1. The van der Waals surface area contributed by atoms with Gasteiger partial charge in [-0.25, -0.2) is 0 Å². The summed E-state index contributed by atoms with van der Waals surface area (Å²) in [5, 5.41) is 14.8. The van der Waals surface area contributed by atoms with Gasteiger partial charge in [0.2, 0.25) is 17.6 Å². The number of nitro benzene ring substituents is 1. The molecule has 1 heterocycles. The molecule has 8 heteroatoms. The van der Waals surface area contributed by atoms with Crippen LogP contribution in [0.25, 0.3) is 11.4 Å². The van der Waals surface area contributed by atoms with Crippen LogP contribution in [0.1, 0.15) is 53.4 Å². The van der Waals surface area contributed by atoms with Crippen molar-refractivity contribution in [2.24, 2.45) is 5.41 Å². The molecule has 0 aliphatic rings. The minimum Gasteiger partial charge on any atom is -0.339 e. The first-order valence-corrected chi connectivity index (χ1v) is 9.47. The normalized spacial score (nSPS) is 12.6. The SMILES string of the molecule is CCC(C)N(CCc1nc(-c2cccc([N+](=O)[O-])c2)no1)C(=O)CC(C)(C)C. The highest BCUT2D eigenvalue weighted by Gasteiger charge is 2.24. The average Bonchev–Trinajstić information content (AvgIpc) is 3.09. The number of nitro groups is 1. The summed E-state index contributed by atoms with van der Waals surface area (Å²) in [6.45, 7) is 10.7. The van der Waals surface area contributed by atoms with E-state index in [4.69, 9.17) is 4.52 Å². The van der Waals surface area contributed by atoms with E-state index in [0.717, 1.165) is 6.42 Å². The van der Waals surface area contributed by atoms with E-state index in [1.54, 1.807) is 12.1 Å². The zero-order valence-corrected chi connectivity index (χ0v) is 17.1. The van der Waals surface area contributed by atoms with Gasteiger partial charge in [-0.05, 0) is 18.8 Å². The van der Waals surface area contributed by atoms with Crippen molar-refractivity contribution in [2.75, 3.05) is 6.54 Å². The monoisotopic (exact) mass is 388 g/mol. The molecule has 0 saturated heterocycles. The Balaban J connectivity index is 2.09. The summed E-state index contributed by atoms with van der Waals surface area (Å²) >= 11 is 0. The number of benzene rings is 1. The molecule has 0 aliphatic carbocycles. The Hall–Kier alpha value is -2.77. The number of nitrogens with zero attached hydrogens (tertiary/aromatic N) is 4. The predicted molar refractivity (Wildman–Crippen MR) is 106 cm³/mol. The molecule has 0 saturated carbocycles. The summed E-state index contributed by atoms with van der Waals surface area (Å²) in [4.78, 5) is 29.4. The van der Waals surface area contributed by atoms with Gasteiger partial charge in [-0.2, -0.15) is 4.98 Å². The van der Waals surface area contributed by atoms with E-state index in [2.05, 4.69) is 17.1 Å². The lowest BCUT2D eigenvalue weighted by Gasteiger charge is -2.31. The Morgan fingerprint density at radius 3 is 2.68 bits per heavy atom. The molecule has 1 aromatic carbocycles. The first-order valence-electron chi connectivity index (χ1n) is 9.47. The van der Waals surface area contributed by atoms with Crippen LogP contribution in [0.3, 0.4) is 0 Å². The lowest BCUT2D eigenvalue weighted by molar-refractivity contribution is -0.384. The molecule has 0 N–H and O–H groups in total. The van der Waals surface area contributed by atoms with Crippen LogP contribution in [-0.2, 0) is 11.2 Å². The lowest BCUT2D eigenvalue weighted by Crippen LogP contribution is -2.41. The fourth-order valence-electron chi connectivity index (χ4n) is 2.81. The van der Waals surface area contributed by atoms with Gasteiger partial charge < -0.3 is 9.42 Å². The summed E-state index contributed by atoms with van der Waals surface area (Å²) < 4.78 is 5.29. The van der Waals surface area contributed by atoms with Crippen molar-refractivity contribution in [2.45, 2.75) is 59.9 Å². The van der Waals surface area contributed by atoms with E-state index in [-0.39, 0.29) is 23.1 Å². The van der Waals surface area contributed by atoms with Gasteiger partial charge in [0.1, 0.15) is 0 Å². The predicted octanol–water partition coefficient (Wildman–Crippen LogP) is 4.25. The Morgan fingerprint density at radius 2 is 2.07 bits per heavy atom. The van der Waals surface area contributed by atoms with Crippen molar-refractivity contribution in [3.8, 4) is 11.4 Å². The second-order valence-corrected chi connectivity index (χ2v) is 8.15. The molecule has 152 valence electrons. The van der Waals surface area contributed by atoms with Gasteiger partial charge >= 0.3 is 0 Å². The van der Waals surface area contributed by atoms with Crippen LogP contribution in [0, 0.1) is 15.5 Å². The molecule has 0 radical (unpaired) electrons. The largest absolute Gasteiger partial charge is 0.339 e. The maximum Gasteiger partial charge on any atom is 0.270 e. The molecule has 0 bridgehead atoms. The van der Waals surface area contributed by atoms with Gasteiger partial charge in [-0.1, -0.05) is 45.0 Å². The Kier molecular flexibility index (Phi) is 6.88. The van der Waals surface area contributed by atoms with Crippen LogP contribution in [0.4, 0.5) is 5.69 Å². The molecule has 2 rings (SSSR count). The van der Waals surface area contributed by atoms with E-state index in [1.807, 2.05) is 32.6 Å². The number of non-ortho nitro benzene ring substituents is 1. The minimum absolute atomic E-state index is 0.0282. The van der Waals surface area contributed by atoms with E-state index >= 15 is 0 Å². The first kappa shape index (κ1) is 21.5. The quantitative estimate of drug-likeness (QED) is 0.495. The van der Waals surface area contributed by atoms with Gasteiger partial charge in [0.15, 0.2) is 0 Å². The number of hydrogen-bond donors (Lipinski definition) is 0. The van der Waals surface area contributed by atoms with Crippen LogP contribution in [0.15, 0.2) is 28.8 Å². The van der Waals surface area contributed by atoms with Crippen LogP contribution in [-0.4, -0.2) is 38.5 Å². The van der Waals surface area contributed by atoms with Crippen molar-refractivity contribution in [1.82, 2.24) is 15.0 Å². The Morgan fingerprint density at radius 1 is 1.36 bits per heavy atom. The molecule has 0 fully saturated rings. The maximum atomic E-state index is 12.7. The summed E-state index contributed by atoms with van der Waals surface area (Å²) in [5.74, 6) is 0.813. The second-order valence-electron chi connectivity index (χ2n) is 8.15. The third-order valence-electron chi connectivity index (χ3n) is 4.47. The Bertz CT molecular complexity index is 826. The molecular formula is C20H28N4O4. The molecule has 1 atom stereocenters. The molecule has 0 aliphatic heterocycles. The molecule has 1 unspecified atom stereocenters. The van der Waals surface area contributed by atoms with Crippen molar-refractivity contribution in [3.05, 3.63) is 40.3 Å². The highest BCUT2D eigenvalue weighted by atomic mass is 16.6. The van der Waals surface area contributed by atoms with Gasteiger partial charge in [0.25, 0.3) is 5.69 Å². The molecule has 1 amide bonds. The fourth-order valence-corrected chi connectivity index (χ4v) is 2.81. The van der Waals surface area contributed by atoms with Gasteiger partial charge in [0, 0.05) is 43.1 Å². The van der Waals surface area contributed by atoms with E-state index in [9.17, 15) is 14.9 Å². The lowest BCUT2D eigenvalue weighted by atomic mass is 9.91. The van der Waals surface area contributed by atoms with Crippen molar-refractivity contribution in [1.29, 1.82) is 0 Å². The smallest absolute Gasteiger partial charge is 0.270 e. The van der Waals surface area contributed by atoms with Crippen molar-refractivity contribution in [3.63, 3.8) is 0 Å². The minimum atomic E-state index is -0.463. The topological polar surface area (TPSA) is 102 Å². The van der Waals surface area contributed by atoms with E-state index in [0.29, 0.717) is 36.7 Å². The molecule has 1 aromatic heterocycles. The van der Waals surface area contributed by atoms with Gasteiger partial charge in [-0.3, -0.25) is 14.9 Å². The van der Waals surface area contributed by atoms with Crippen LogP contribution < -0.4 is 0 Å². The third-order valence-corrected chi connectivity index (χ3v) is 4.47. The number of carbonyl (C=O) groups excluding carboxylic acids is 1. The standard InChI is InChI=1S/C20H28N4O4/c1-6-14(2)23(18(25)13-20(3,4)5)11-10-17-21-19(22-28-17)15-8-7-9-16(12-15)24(26)27/h7-9,12,14H,6,10-11,13H2,1-5H3. The maximum absolute atomic E-state index is 12.7. The zero-order chi connectivity index (χ0) is 20.9. The van der Waals surface area contributed by atoms with Gasteiger partial charge in [0.05, 0.1) is 4.92 Å².